The molecule has 0 atom stereocenters. The smallest absolute Gasteiger partial charge is 0.242 e. The number of carbonyl (C=O) groups excluding carboxylic acids is 2. The summed E-state index contributed by atoms with van der Waals surface area (Å²) in [7, 11) is 0. The van der Waals surface area contributed by atoms with E-state index < -0.39 is 0 Å². The van der Waals surface area contributed by atoms with Crippen LogP contribution < -0.4 is 4.90 Å². The van der Waals surface area contributed by atoms with E-state index in [1.165, 1.54) is 6.92 Å². The number of hydrogen-bond donors (Lipinski definition) is 0. The number of rotatable bonds is 3. The first-order valence-electron chi connectivity index (χ1n) is 7.70. The molecule has 0 radical (unpaired) electrons. The molecule has 2 amide bonds. The van der Waals surface area contributed by atoms with Gasteiger partial charge in [-0.3, -0.25) is 9.59 Å². The molecule has 1 fully saturated rings. The molecule has 0 saturated carbocycles. The van der Waals surface area contributed by atoms with Crippen molar-refractivity contribution in [3.63, 3.8) is 0 Å². The number of nitrogens with zero attached hydrogens (tertiary/aromatic N) is 2. The fourth-order valence-electron chi connectivity index (χ4n) is 2.78. The van der Waals surface area contributed by atoms with Crippen LogP contribution in [0.25, 0.3) is 0 Å². The highest BCUT2D eigenvalue weighted by Crippen LogP contribution is 2.24. The normalized spacial score (nSPS) is 15.7. The first-order chi connectivity index (χ1) is 10.4. The van der Waals surface area contributed by atoms with Crippen molar-refractivity contribution in [2.24, 2.45) is 5.92 Å². The highest BCUT2D eigenvalue weighted by molar-refractivity contribution is 9.10. The molecular formula is C17H23BrN2O2. The topological polar surface area (TPSA) is 40.6 Å². The van der Waals surface area contributed by atoms with Gasteiger partial charge in [0.2, 0.25) is 11.8 Å². The zero-order chi connectivity index (χ0) is 16.3. The number of carbonyl (C=O) groups is 2. The van der Waals surface area contributed by atoms with E-state index in [0.717, 1.165) is 41.7 Å². The summed E-state index contributed by atoms with van der Waals surface area (Å²) in [6, 6.07) is 5.73. The summed E-state index contributed by atoms with van der Waals surface area (Å²) in [6.45, 7) is 7.38. The van der Waals surface area contributed by atoms with Gasteiger partial charge in [0, 0.05) is 30.2 Å². The van der Waals surface area contributed by atoms with E-state index in [1.807, 2.05) is 30.0 Å². The summed E-state index contributed by atoms with van der Waals surface area (Å²) in [4.78, 5) is 27.9. The second kappa shape index (κ2) is 7.27. The van der Waals surface area contributed by atoms with Gasteiger partial charge in [-0.25, -0.2) is 0 Å². The molecule has 0 aliphatic carbocycles. The van der Waals surface area contributed by atoms with Crippen molar-refractivity contribution in [2.75, 3.05) is 24.5 Å². The van der Waals surface area contributed by atoms with Crippen LogP contribution in [0.15, 0.2) is 22.7 Å². The van der Waals surface area contributed by atoms with E-state index in [-0.39, 0.29) is 18.4 Å². The van der Waals surface area contributed by atoms with Gasteiger partial charge in [0.25, 0.3) is 0 Å². The Morgan fingerprint density at radius 3 is 2.50 bits per heavy atom. The van der Waals surface area contributed by atoms with Gasteiger partial charge in [0.05, 0.1) is 0 Å². The average molecular weight is 367 g/mol. The maximum atomic E-state index is 12.5. The summed E-state index contributed by atoms with van der Waals surface area (Å²) >= 11 is 3.42. The Morgan fingerprint density at radius 2 is 1.95 bits per heavy atom. The lowest BCUT2D eigenvalue weighted by molar-refractivity contribution is -0.132. The number of benzene rings is 1. The largest absolute Gasteiger partial charge is 0.341 e. The molecule has 1 heterocycles. The Balaban J connectivity index is 2.12. The molecule has 1 aliphatic heterocycles. The second-order valence-corrected chi connectivity index (χ2v) is 7.01. The molecular weight excluding hydrogens is 344 g/mol. The predicted octanol–water partition coefficient (Wildman–Crippen LogP) is 3.37. The number of halogens is 1. The Bertz CT molecular complexity index is 566. The molecule has 120 valence electrons. The lowest BCUT2D eigenvalue weighted by Crippen LogP contribution is -2.45. The number of aryl methyl sites for hydroxylation is 1. The third-order valence-electron chi connectivity index (χ3n) is 4.26. The SMILES string of the molecule is CC(=O)N(CC(=O)N1CCC(C)CC1)c1ccc(Br)cc1C. The summed E-state index contributed by atoms with van der Waals surface area (Å²) < 4.78 is 0.966. The molecule has 1 saturated heterocycles. The fraction of sp³-hybridized carbons (Fsp3) is 0.529. The van der Waals surface area contributed by atoms with E-state index in [2.05, 4.69) is 22.9 Å². The predicted molar refractivity (Wildman–Crippen MR) is 91.9 cm³/mol. The van der Waals surface area contributed by atoms with Gasteiger partial charge in [-0.15, -0.1) is 0 Å². The van der Waals surface area contributed by atoms with Gasteiger partial charge < -0.3 is 9.80 Å². The Hall–Kier alpha value is -1.36. The Labute approximate surface area is 140 Å². The molecule has 22 heavy (non-hydrogen) atoms. The van der Waals surface area contributed by atoms with Crippen molar-refractivity contribution in [3.05, 3.63) is 28.2 Å². The minimum absolute atomic E-state index is 0.0319. The summed E-state index contributed by atoms with van der Waals surface area (Å²) in [5.74, 6) is 0.607. The van der Waals surface area contributed by atoms with Gasteiger partial charge in [0.15, 0.2) is 0 Å². The Kier molecular flexibility index (Phi) is 5.62. The third-order valence-corrected chi connectivity index (χ3v) is 4.75. The minimum Gasteiger partial charge on any atom is -0.341 e. The van der Waals surface area contributed by atoms with Gasteiger partial charge >= 0.3 is 0 Å². The van der Waals surface area contributed by atoms with Gasteiger partial charge in [0.1, 0.15) is 6.54 Å². The molecule has 1 aliphatic rings. The fourth-order valence-corrected chi connectivity index (χ4v) is 3.26. The third kappa shape index (κ3) is 4.09. The standard InChI is InChI=1S/C17H23BrN2O2/c1-12-6-8-19(9-7-12)17(22)11-20(14(3)21)16-5-4-15(18)10-13(16)2/h4-5,10,12H,6-9,11H2,1-3H3. The summed E-state index contributed by atoms with van der Waals surface area (Å²) in [5, 5.41) is 0. The van der Waals surface area contributed by atoms with Gasteiger partial charge in [-0.1, -0.05) is 22.9 Å². The first kappa shape index (κ1) is 17.0. The zero-order valence-electron chi connectivity index (χ0n) is 13.4. The molecule has 0 bridgehead atoms. The quantitative estimate of drug-likeness (QED) is 0.822. The molecule has 4 nitrogen and oxygen atoms in total. The van der Waals surface area contributed by atoms with Crippen LogP contribution in [0.1, 0.15) is 32.3 Å². The van der Waals surface area contributed by atoms with Crippen molar-refractivity contribution >= 4 is 33.4 Å². The minimum atomic E-state index is -0.107. The van der Waals surface area contributed by atoms with E-state index in [1.54, 1.807) is 4.90 Å². The molecule has 1 aromatic carbocycles. The van der Waals surface area contributed by atoms with Crippen molar-refractivity contribution < 1.29 is 9.59 Å². The van der Waals surface area contributed by atoms with E-state index in [0.29, 0.717) is 5.92 Å². The molecule has 5 heteroatoms. The highest BCUT2D eigenvalue weighted by Gasteiger charge is 2.24. The number of hydrogen-bond acceptors (Lipinski definition) is 2. The van der Waals surface area contributed by atoms with Crippen LogP contribution in [-0.4, -0.2) is 36.3 Å². The molecule has 2 rings (SSSR count). The molecule has 1 aromatic rings. The van der Waals surface area contributed by atoms with E-state index in [9.17, 15) is 9.59 Å². The summed E-state index contributed by atoms with van der Waals surface area (Å²) in [5.41, 5.74) is 1.78. The highest BCUT2D eigenvalue weighted by atomic mass is 79.9. The number of anilines is 1. The van der Waals surface area contributed by atoms with E-state index in [4.69, 9.17) is 0 Å². The molecule has 0 N–H and O–H groups in total. The second-order valence-electron chi connectivity index (χ2n) is 6.10. The zero-order valence-corrected chi connectivity index (χ0v) is 15.0. The van der Waals surface area contributed by atoms with Crippen LogP contribution in [-0.2, 0) is 9.59 Å². The maximum Gasteiger partial charge on any atom is 0.242 e. The number of likely N-dealkylation sites (tertiary alicyclic amines) is 1. The van der Waals surface area contributed by atoms with Crippen molar-refractivity contribution in [3.8, 4) is 0 Å². The van der Waals surface area contributed by atoms with Gasteiger partial charge in [-0.05, 0) is 49.4 Å². The van der Waals surface area contributed by atoms with Crippen molar-refractivity contribution in [1.29, 1.82) is 0 Å². The van der Waals surface area contributed by atoms with Crippen LogP contribution >= 0.6 is 15.9 Å². The molecule has 0 unspecified atom stereocenters. The van der Waals surface area contributed by atoms with Crippen LogP contribution in [0, 0.1) is 12.8 Å². The number of piperidine rings is 1. The average Bonchev–Trinajstić information content (AvgIpc) is 2.45. The van der Waals surface area contributed by atoms with Crippen LogP contribution in [0.2, 0.25) is 0 Å². The van der Waals surface area contributed by atoms with E-state index >= 15 is 0 Å². The van der Waals surface area contributed by atoms with Crippen molar-refractivity contribution in [1.82, 2.24) is 4.90 Å². The maximum absolute atomic E-state index is 12.5. The monoisotopic (exact) mass is 366 g/mol. The molecule has 0 spiro atoms. The van der Waals surface area contributed by atoms with Crippen LogP contribution in [0.4, 0.5) is 5.69 Å². The Morgan fingerprint density at radius 1 is 1.32 bits per heavy atom. The number of amides is 2. The molecule has 0 aromatic heterocycles. The van der Waals surface area contributed by atoms with Crippen LogP contribution in [0.5, 0.6) is 0 Å². The first-order valence-corrected chi connectivity index (χ1v) is 8.50. The summed E-state index contributed by atoms with van der Waals surface area (Å²) in [6.07, 6.45) is 2.09. The lowest BCUT2D eigenvalue weighted by Gasteiger charge is -2.32. The van der Waals surface area contributed by atoms with Crippen molar-refractivity contribution in [2.45, 2.75) is 33.6 Å². The van der Waals surface area contributed by atoms with Gasteiger partial charge in [-0.2, -0.15) is 0 Å². The van der Waals surface area contributed by atoms with Crippen LogP contribution in [0.3, 0.4) is 0 Å². The lowest BCUT2D eigenvalue weighted by atomic mass is 9.99.